The van der Waals surface area contributed by atoms with Crippen LogP contribution in [0, 0.1) is 11.6 Å². The first-order chi connectivity index (χ1) is 7.90. The first kappa shape index (κ1) is 14.2. The van der Waals surface area contributed by atoms with Gasteiger partial charge in [-0.15, -0.1) is 0 Å². The van der Waals surface area contributed by atoms with Gasteiger partial charge in [-0.05, 0) is 19.9 Å². The largest absolute Gasteiger partial charge is 0.739 e. The molecule has 0 amide bonds. The van der Waals surface area contributed by atoms with Gasteiger partial charge in [0.05, 0.1) is 11.1 Å². The van der Waals surface area contributed by atoms with Gasteiger partial charge in [0, 0.05) is 6.07 Å². The smallest absolute Gasteiger partial charge is 0.507 e. The first-order valence-corrected chi connectivity index (χ1v) is 5.09. The molecule has 0 saturated carbocycles. The van der Waals surface area contributed by atoms with Crippen molar-refractivity contribution >= 4 is 18.9 Å². The highest BCUT2D eigenvalue weighted by Crippen LogP contribution is 2.29. The molecule has 1 rings (SSSR count). The van der Waals surface area contributed by atoms with Gasteiger partial charge in [0.15, 0.2) is 11.6 Å². The molecule has 0 radical (unpaired) electrons. The molecular formula is C9H10BClF2O4. The summed E-state index contributed by atoms with van der Waals surface area (Å²) in [4.78, 5) is 8.93. The minimum absolute atomic E-state index is 0.318. The van der Waals surface area contributed by atoms with Gasteiger partial charge in [-0.25, -0.2) is 18.5 Å². The normalized spacial score (nSPS) is 10.8. The predicted molar refractivity (Wildman–Crippen MR) is 57.3 cm³/mol. The maximum absolute atomic E-state index is 13.2. The lowest BCUT2D eigenvalue weighted by molar-refractivity contribution is -0.258. The van der Waals surface area contributed by atoms with Crippen molar-refractivity contribution in [1.29, 1.82) is 0 Å². The van der Waals surface area contributed by atoms with E-state index in [1.54, 1.807) is 13.8 Å². The van der Waals surface area contributed by atoms with E-state index in [0.717, 1.165) is 6.07 Å². The summed E-state index contributed by atoms with van der Waals surface area (Å²) in [7, 11) is -1.87. The Kier molecular flexibility index (Phi) is 5.13. The third-order valence-electron chi connectivity index (χ3n) is 1.51. The second-order valence-corrected chi connectivity index (χ2v) is 3.77. The van der Waals surface area contributed by atoms with Crippen molar-refractivity contribution in [2.24, 2.45) is 0 Å². The lowest BCUT2D eigenvalue weighted by Crippen LogP contribution is -2.28. The lowest BCUT2D eigenvalue weighted by atomic mass is 10.2. The van der Waals surface area contributed by atoms with Crippen LogP contribution in [0.4, 0.5) is 8.78 Å². The van der Waals surface area contributed by atoms with Crippen molar-refractivity contribution in [2.75, 3.05) is 0 Å². The van der Waals surface area contributed by atoms with Crippen molar-refractivity contribution in [3.8, 4) is 5.75 Å². The first-order valence-electron chi connectivity index (χ1n) is 4.71. The Balaban J connectivity index is 2.68. The summed E-state index contributed by atoms with van der Waals surface area (Å²) in [5.41, 5.74) is 0. The molecule has 0 atom stereocenters. The molecule has 4 nitrogen and oxygen atoms in total. The van der Waals surface area contributed by atoms with E-state index in [9.17, 15) is 13.8 Å². The van der Waals surface area contributed by atoms with Gasteiger partial charge in [-0.1, -0.05) is 11.6 Å². The molecule has 1 N–H and O–H groups in total. The zero-order chi connectivity index (χ0) is 13.0. The molecule has 0 aliphatic carbocycles. The third-order valence-corrected chi connectivity index (χ3v) is 1.79. The monoisotopic (exact) mass is 266 g/mol. The van der Waals surface area contributed by atoms with E-state index in [2.05, 4.69) is 14.3 Å². The highest BCUT2D eigenvalue weighted by Gasteiger charge is 2.24. The Morgan fingerprint density at radius 3 is 2.53 bits per heavy atom. The number of benzene rings is 1. The van der Waals surface area contributed by atoms with Crippen molar-refractivity contribution in [2.45, 2.75) is 20.0 Å². The van der Waals surface area contributed by atoms with Crippen LogP contribution in [0.15, 0.2) is 12.1 Å². The van der Waals surface area contributed by atoms with Gasteiger partial charge < -0.3 is 9.68 Å². The summed E-state index contributed by atoms with van der Waals surface area (Å²) in [5.74, 6) is -2.43. The van der Waals surface area contributed by atoms with E-state index in [-0.39, 0.29) is 11.1 Å². The summed E-state index contributed by atoms with van der Waals surface area (Å²) >= 11 is 5.53. The highest BCUT2D eigenvalue weighted by molar-refractivity contribution is 6.37. The Morgan fingerprint density at radius 1 is 1.35 bits per heavy atom. The quantitative estimate of drug-likeness (QED) is 0.505. The van der Waals surface area contributed by atoms with Gasteiger partial charge in [0.1, 0.15) is 5.82 Å². The van der Waals surface area contributed by atoms with Crippen LogP contribution >= 0.6 is 11.6 Å². The molecule has 0 aromatic heterocycles. The molecule has 0 unspecified atom stereocenters. The predicted octanol–water partition coefficient (Wildman–Crippen LogP) is 2.33. The topological polar surface area (TPSA) is 47.9 Å². The van der Waals surface area contributed by atoms with Crippen molar-refractivity contribution < 1.29 is 28.2 Å². The molecule has 17 heavy (non-hydrogen) atoms. The van der Waals surface area contributed by atoms with E-state index in [1.807, 2.05) is 0 Å². The maximum Gasteiger partial charge on any atom is 0.739 e. The number of hydrogen-bond acceptors (Lipinski definition) is 4. The summed E-state index contributed by atoms with van der Waals surface area (Å²) in [6.07, 6.45) is -0.318. The Morgan fingerprint density at radius 2 is 2.00 bits per heavy atom. The molecule has 0 aliphatic heterocycles. The second-order valence-electron chi connectivity index (χ2n) is 3.36. The second kappa shape index (κ2) is 6.16. The molecule has 1 aromatic rings. The van der Waals surface area contributed by atoms with Crippen molar-refractivity contribution in [1.82, 2.24) is 0 Å². The maximum atomic E-state index is 13.2. The number of rotatable bonds is 5. The van der Waals surface area contributed by atoms with Crippen LogP contribution in [-0.2, 0) is 9.69 Å². The minimum atomic E-state index is -1.87. The average molecular weight is 266 g/mol. The molecule has 0 heterocycles. The van der Waals surface area contributed by atoms with Crippen LogP contribution in [0.1, 0.15) is 13.8 Å². The van der Waals surface area contributed by atoms with Crippen LogP contribution in [-0.4, -0.2) is 18.4 Å². The molecule has 0 fully saturated rings. The zero-order valence-electron chi connectivity index (χ0n) is 9.12. The number of hydrogen-bond donors (Lipinski definition) is 1. The zero-order valence-corrected chi connectivity index (χ0v) is 9.87. The fourth-order valence-corrected chi connectivity index (χ4v) is 1.16. The molecule has 0 saturated heterocycles. The summed E-state index contributed by atoms with van der Waals surface area (Å²) in [6.45, 7) is 3.30. The van der Waals surface area contributed by atoms with Gasteiger partial charge in [-0.3, -0.25) is 0 Å². The van der Waals surface area contributed by atoms with E-state index in [1.165, 1.54) is 0 Å². The SMILES string of the molecule is CC(C)OOB(O)Oc1c(F)cc(F)cc1Cl. The van der Waals surface area contributed by atoms with Crippen molar-refractivity contribution in [3.63, 3.8) is 0 Å². The third kappa shape index (κ3) is 4.47. The Labute approximate surface area is 102 Å². The van der Waals surface area contributed by atoms with E-state index < -0.39 is 24.7 Å². The van der Waals surface area contributed by atoms with Gasteiger partial charge in [0.2, 0.25) is 0 Å². The van der Waals surface area contributed by atoms with Crippen molar-refractivity contribution in [3.05, 3.63) is 28.8 Å². The van der Waals surface area contributed by atoms with Crippen LogP contribution in [0.5, 0.6) is 5.75 Å². The fourth-order valence-electron chi connectivity index (χ4n) is 0.921. The lowest BCUT2D eigenvalue weighted by Gasteiger charge is -2.12. The van der Waals surface area contributed by atoms with Crippen LogP contribution in [0.25, 0.3) is 0 Å². The summed E-state index contributed by atoms with van der Waals surface area (Å²) < 4.78 is 30.5. The Bertz CT molecular complexity index is 368. The van der Waals surface area contributed by atoms with Crippen LogP contribution < -0.4 is 4.65 Å². The van der Waals surface area contributed by atoms with E-state index in [0.29, 0.717) is 6.07 Å². The van der Waals surface area contributed by atoms with E-state index >= 15 is 0 Å². The van der Waals surface area contributed by atoms with Crippen LogP contribution in [0.2, 0.25) is 5.02 Å². The molecule has 8 heteroatoms. The fraction of sp³-hybridized carbons (Fsp3) is 0.333. The van der Waals surface area contributed by atoms with Crippen LogP contribution in [0.3, 0.4) is 0 Å². The standard InChI is InChI=1S/C9H10BClF2O4/c1-5(2)16-17-10(14)15-9-7(11)3-6(12)4-8(9)13/h3-5,14H,1-2H3. The summed E-state index contributed by atoms with van der Waals surface area (Å²) in [5, 5.41) is 8.86. The van der Waals surface area contributed by atoms with Gasteiger partial charge in [0.25, 0.3) is 0 Å². The Hall–Kier alpha value is -0.885. The molecule has 0 spiro atoms. The minimum Gasteiger partial charge on any atom is -0.507 e. The van der Waals surface area contributed by atoms with Gasteiger partial charge in [-0.2, -0.15) is 0 Å². The molecule has 0 bridgehead atoms. The average Bonchev–Trinajstić information content (AvgIpc) is 2.20. The van der Waals surface area contributed by atoms with E-state index in [4.69, 9.17) is 11.6 Å². The summed E-state index contributed by atoms with van der Waals surface area (Å²) in [6, 6.07) is 1.41. The molecule has 94 valence electrons. The molecule has 0 aliphatic rings. The highest BCUT2D eigenvalue weighted by atomic mass is 35.5. The molecular weight excluding hydrogens is 256 g/mol. The molecule has 1 aromatic carbocycles. The van der Waals surface area contributed by atoms with Gasteiger partial charge >= 0.3 is 7.32 Å². The number of halogens is 3.